The van der Waals surface area contributed by atoms with Gasteiger partial charge in [0.05, 0.1) is 39.9 Å². The average Bonchev–Trinajstić information content (AvgIpc) is 3.13. The molecule has 8 nitrogen and oxygen atoms in total. The molecule has 0 saturated heterocycles. The lowest BCUT2D eigenvalue weighted by Crippen LogP contribution is -2.45. The van der Waals surface area contributed by atoms with Crippen molar-refractivity contribution in [2.45, 2.75) is 199 Å². The van der Waals surface area contributed by atoms with Gasteiger partial charge in [0.15, 0.2) is 0 Å². The highest BCUT2D eigenvalue weighted by molar-refractivity contribution is 7.45. The largest absolute Gasteiger partial charge is 0.756 e. The number of phosphoric ester groups is 1. The van der Waals surface area contributed by atoms with E-state index in [0.717, 1.165) is 38.5 Å². The number of carbonyl (C=O) groups excluding carboxylic acids is 1. The van der Waals surface area contributed by atoms with E-state index in [0.29, 0.717) is 17.4 Å². The minimum Gasteiger partial charge on any atom is -0.756 e. The van der Waals surface area contributed by atoms with Crippen molar-refractivity contribution in [3.63, 3.8) is 0 Å². The predicted molar refractivity (Wildman–Crippen MR) is 233 cm³/mol. The highest BCUT2D eigenvalue weighted by Crippen LogP contribution is 2.38. The van der Waals surface area contributed by atoms with Gasteiger partial charge in [-0.25, -0.2) is 0 Å². The quantitative estimate of drug-likeness (QED) is 0.0210. The highest BCUT2D eigenvalue weighted by Gasteiger charge is 2.23. The van der Waals surface area contributed by atoms with Crippen LogP contribution in [-0.2, 0) is 18.4 Å². The Morgan fingerprint density at radius 2 is 1.07 bits per heavy atom. The van der Waals surface area contributed by atoms with E-state index in [2.05, 4.69) is 55.6 Å². The Balaban J connectivity index is 4.44. The summed E-state index contributed by atoms with van der Waals surface area (Å²) in [4.78, 5) is 25.3. The lowest BCUT2D eigenvalue weighted by molar-refractivity contribution is -0.870. The second-order valence-electron chi connectivity index (χ2n) is 16.4. The molecule has 0 aliphatic carbocycles. The smallest absolute Gasteiger partial charge is 0.268 e. The fourth-order valence-corrected chi connectivity index (χ4v) is 6.88. The number of quaternary nitrogens is 1. The van der Waals surface area contributed by atoms with Gasteiger partial charge in [-0.2, -0.15) is 0 Å². The molecule has 2 N–H and O–H groups in total. The van der Waals surface area contributed by atoms with Gasteiger partial charge in [0, 0.05) is 6.42 Å². The van der Waals surface area contributed by atoms with Crippen LogP contribution in [0.2, 0.25) is 0 Å². The number of rotatable bonds is 40. The summed E-state index contributed by atoms with van der Waals surface area (Å²) in [5.41, 5.74) is 0. The first-order valence-corrected chi connectivity index (χ1v) is 24.0. The number of unbranched alkanes of at least 4 members (excludes halogenated alkanes) is 22. The van der Waals surface area contributed by atoms with Crippen LogP contribution in [0.25, 0.3) is 0 Å². The first-order valence-electron chi connectivity index (χ1n) is 22.5. The lowest BCUT2D eigenvalue weighted by Gasteiger charge is -2.29. The van der Waals surface area contributed by atoms with Gasteiger partial charge >= 0.3 is 0 Å². The van der Waals surface area contributed by atoms with E-state index < -0.39 is 26.6 Å². The Hall–Kier alpha value is -1.54. The molecule has 0 aromatic heterocycles. The van der Waals surface area contributed by atoms with Crippen molar-refractivity contribution in [3.05, 3.63) is 48.6 Å². The topological polar surface area (TPSA) is 108 Å². The SMILES string of the molecule is CCCCC/C=C\C=C/CCCCCCCCCCCCC(=O)NC(COP(=O)([O-])OCC[N+](C)(C)C)C(O)/C=C/CC/C=C/CCCCCCCCCC. The minimum atomic E-state index is -4.60. The second-order valence-corrected chi connectivity index (χ2v) is 17.8. The van der Waals surface area contributed by atoms with Crippen LogP contribution in [0.4, 0.5) is 0 Å². The van der Waals surface area contributed by atoms with Crippen LogP contribution >= 0.6 is 7.82 Å². The van der Waals surface area contributed by atoms with Crippen molar-refractivity contribution >= 4 is 13.7 Å². The van der Waals surface area contributed by atoms with E-state index in [-0.39, 0.29) is 12.5 Å². The number of nitrogens with zero attached hydrogens (tertiary/aromatic N) is 1. The molecule has 0 saturated carbocycles. The number of hydrogen-bond donors (Lipinski definition) is 2. The third-order valence-corrected chi connectivity index (χ3v) is 10.8. The van der Waals surface area contributed by atoms with Crippen LogP contribution in [0.5, 0.6) is 0 Å². The molecule has 3 atom stereocenters. The van der Waals surface area contributed by atoms with Crippen molar-refractivity contribution in [2.24, 2.45) is 0 Å². The summed E-state index contributed by atoms with van der Waals surface area (Å²) in [6.45, 7) is 4.58. The number of aliphatic hydroxyl groups is 1. The molecular formula is C46H87N2O6P. The first-order chi connectivity index (χ1) is 26.5. The zero-order valence-electron chi connectivity index (χ0n) is 36.4. The molecule has 322 valence electrons. The van der Waals surface area contributed by atoms with Crippen molar-refractivity contribution in [1.29, 1.82) is 0 Å². The summed E-state index contributed by atoms with van der Waals surface area (Å²) >= 11 is 0. The normalized spacial score (nSPS) is 14.8. The van der Waals surface area contributed by atoms with E-state index >= 15 is 0 Å². The molecule has 0 aromatic carbocycles. The molecule has 0 aromatic rings. The maximum atomic E-state index is 12.8. The van der Waals surface area contributed by atoms with Crippen LogP contribution in [0.3, 0.4) is 0 Å². The Kier molecular flexibility index (Phi) is 36.9. The summed E-state index contributed by atoms with van der Waals surface area (Å²) in [7, 11) is 1.24. The number of likely N-dealkylation sites (N-methyl/N-ethyl adjacent to an activating group) is 1. The van der Waals surface area contributed by atoms with E-state index in [1.54, 1.807) is 6.08 Å². The van der Waals surface area contributed by atoms with Crippen LogP contribution in [0, 0.1) is 0 Å². The summed E-state index contributed by atoms with van der Waals surface area (Å²) in [6, 6.07) is -0.904. The molecule has 0 bridgehead atoms. The zero-order valence-corrected chi connectivity index (χ0v) is 37.3. The van der Waals surface area contributed by atoms with Crippen molar-refractivity contribution in [3.8, 4) is 0 Å². The molecule has 9 heteroatoms. The summed E-state index contributed by atoms with van der Waals surface area (Å²) in [6.07, 6.45) is 47.2. The van der Waals surface area contributed by atoms with Crippen molar-refractivity contribution in [1.82, 2.24) is 5.32 Å². The molecule has 55 heavy (non-hydrogen) atoms. The van der Waals surface area contributed by atoms with Gasteiger partial charge in [-0.05, 0) is 57.8 Å². The Morgan fingerprint density at radius 1 is 0.636 bits per heavy atom. The molecule has 3 unspecified atom stereocenters. The van der Waals surface area contributed by atoms with Crippen LogP contribution in [0.1, 0.15) is 187 Å². The van der Waals surface area contributed by atoms with E-state index in [4.69, 9.17) is 9.05 Å². The van der Waals surface area contributed by atoms with Crippen molar-refractivity contribution < 1.29 is 32.9 Å². The van der Waals surface area contributed by atoms with Crippen LogP contribution < -0.4 is 10.2 Å². The van der Waals surface area contributed by atoms with Gasteiger partial charge in [-0.3, -0.25) is 9.36 Å². The molecule has 0 fully saturated rings. The third-order valence-electron chi connectivity index (χ3n) is 9.79. The molecule has 0 spiro atoms. The van der Waals surface area contributed by atoms with Crippen LogP contribution in [0.15, 0.2) is 48.6 Å². The fourth-order valence-electron chi connectivity index (χ4n) is 6.16. The fraction of sp³-hybridized carbons (Fsp3) is 0.804. The number of nitrogens with one attached hydrogen (secondary N) is 1. The van der Waals surface area contributed by atoms with Gasteiger partial charge < -0.3 is 28.8 Å². The standard InChI is InChI=1S/C46H87N2O6P/c1-6-8-10-12-14-16-18-20-22-23-24-25-26-28-30-32-34-36-38-40-46(50)47-44(43-54-55(51,52)53-42-41-48(3,4)5)45(49)39-37-35-33-31-29-27-21-19-17-15-13-11-9-7-2/h14,16,18,20,29,31,37,39,44-45,49H,6-13,15,17,19,21-28,30,32-36,38,40-43H2,1-5H3,(H-,47,50,51,52)/b16-14-,20-18-,31-29+,39-37+. The molecule has 0 heterocycles. The lowest BCUT2D eigenvalue weighted by atomic mass is 10.0. The highest BCUT2D eigenvalue weighted by atomic mass is 31.2. The van der Waals surface area contributed by atoms with E-state index in [9.17, 15) is 19.4 Å². The van der Waals surface area contributed by atoms with Gasteiger partial charge in [0.2, 0.25) is 5.91 Å². The summed E-state index contributed by atoms with van der Waals surface area (Å²) < 4.78 is 23.2. The molecule has 0 rings (SSSR count). The Bertz CT molecular complexity index is 1040. The monoisotopic (exact) mass is 795 g/mol. The first kappa shape index (κ1) is 53.5. The number of hydrogen-bond acceptors (Lipinski definition) is 6. The Morgan fingerprint density at radius 3 is 1.62 bits per heavy atom. The molecular weight excluding hydrogens is 707 g/mol. The van der Waals surface area contributed by atoms with E-state index in [1.165, 1.54) is 128 Å². The molecule has 0 radical (unpaired) electrons. The average molecular weight is 795 g/mol. The zero-order chi connectivity index (χ0) is 40.7. The summed E-state index contributed by atoms with van der Waals surface area (Å²) in [5, 5.41) is 13.7. The van der Waals surface area contributed by atoms with Crippen molar-refractivity contribution in [2.75, 3.05) is 40.9 Å². The van der Waals surface area contributed by atoms with E-state index in [1.807, 2.05) is 27.2 Å². The molecule has 0 aliphatic heterocycles. The predicted octanol–water partition coefficient (Wildman–Crippen LogP) is 11.8. The van der Waals surface area contributed by atoms with Gasteiger partial charge in [-0.15, -0.1) is 0 Å². The number of amides is 1. The maximum Gasteiger partial charge on any atom is 0.268 e. The van der Waals surface area contributed by atoms with Gasteiger partial charge in [0.1, 0.15) is 13.2 Å². The second kappa shape index (κ2) is 38.0. The molecule has 0 aliphatic rings. The van der Waals surface area contributed by atoms with Gasteiger partial charge in [-0.1, -0.05) is 172 Å². The number of phosphoric acid groups is 1. The minimum absolute atomic E-state index is 0.00822. The third kappa shape index (κ3) is 40.5. The Labute approximate surface area is 339 Å². The summed E-state index contributed by atoms with van der Waals surface area (Å²) in [5.74, 6) is -0.213. The number of carbonyl (C=O) groups is 1. The number of aliphatic hydroxyl groups excluding tert-OH is 1. The van der Waals surface area contributed by atoms with Gasteiger partial charge in [0.25, 0.3) is 7.82 Å². The van der Waals surface area contributed by atoms with Crippen LogP contribution in [-0.4, -0.2) is 68.5 Å². The molecule has 1 amide bonds. The number of allylic oxidation sites excluding steroid dienone is 7. The maximum absolute atomic E-state index is 12.8.